The van der Waals surface area contributed by atoms with Crippen molar-refractivity contribution in [3.63, 3.8) is 0 Å². The number of carbonyl (C=O) groups excluding carboxylic acids is 1. The third-order valence-corrected chi connectivity index (χ3v) is 7.67. The van der Waals surface area contributed by atoms with Crippen molar-refractivity contribution in [3.8, 4) is 11.4 Å². The van der Waals surface area contributed by atoms with Gasteiger partial charge in [-0.05, 0) is 50.7 Å². The molecule has 2 aliphatic heterocycles. The monoisotopic (exact) mass is 418 g/mol. The molecular weight excluding hydrogens is 392 g/mol. The largest absolute Gasteiger partial charge is 0.334 e. The Kier molecular flexibility index (Phi) is 5.69. The maximum atomic E-state index is 13.1. The minimum Gasteiger partial charge on any atom is -0.334 e. The van der Waals surface area contributed by atoms with Gasteiger partial charge >= 0.3 is 11.8 Å². The number of benzene rings is 1. The fourth-order valence-electron chi connectivity index (χ4n) is 3.92. The molecule has 2 aliphatic rings. The fourth-order valence-corrected chi connectivity index (χ4v) is 5.69. The number of hydrogen-bond acceptors (Lipinski definition) is 6. The molecule has 0 atom stereocenters. The minimum atomic E-state index is -3.58. The van der Waals surface area contributed by atoms with E-state index in [1.807, 2.05) is 0 Å². The van der Waals surface area contributed by atoms with E-state index in [4.69, 9.17) is 4.52 Å². The van der Waals surface area contributed by atoms with Gasteiger partial charge in [-0.1, -0.05) is 23.7 Å². The molecule has 8 nitrogen and oxygen atoms in total. The van der Waals surface area contributed by atoms with Crippen LogP contribution in [0, 0.1) is 6.92 Å². The van der Waals surface area contributed by atoms with Crippen LogP contribution < -0.4 is 0 Å². The van der Waals surface area contributed by atoms with Gasteiger partial charge in [0.25, 0.3) is 0 Å². The van der Waals surface area contributed by atoms with Crippen molar-refractivity contribution in [1.29, 1.82) is 0 Å². The van der Waals surface area contributed by atoms with Crippen LogP contribution in [0.5, 0.6) is 0 Å². The van der Waals surface area contributed by atoms with E-state index in [2.05, 4.69) is 10.1 Å². The van der Waals surface area contributed by atoms with Crippen molar-refractivity contribution in [2.24, 2.45) is 0 Å². The summed E-state index contributed by atoms with van der Waals surface area (Å²) in [5.74, 6) is -0.0971. The van der Waals surface area contributed by atoms with E-state index in [-0.39, 0.29) is 22.5 Å². The number of likely N-dealkylation sites (tertiary alicyclic amines) is 1. The van der Waals surface area contributed by atoms with Crippen LogP contribution in [0.3, 0.4) is 0 Å². The number of nitrogens with zero attached hydrogens (tertiary/aromatic N) is 4. The van der Waals surface area contributed by atoms with E-state index in [1.165, 1.54) is 0 Å². The summed E-state index contributed by atoms with van der Waals surface area (Å²) in [6.45, 7) is 4.26. The molecule has 156 valence electrons. The molecule has 2 aromatic rings. The third-order valence-electron chi connectivity index (χ3n) is 5.63. The molecule has 0 aliphatic carbocycles. The summed E-state index contributed by atoms with van der Waals surface area (Å²) in [6.07, 6.45) is 5.89. The first-order valence-electron chi connectivity index (χ1n) is 10.2. The standard InChI is InChI=1S/C20H26N4O4S/c1-15-8-9-16(14-17(15)29(26,27)24-12-6-3-7-13-24)18-21-19(28-22-18)20(25)23-10-4-2-5-11-23/h8-9,14H,2-7,10-13H2,1H3. The Bertz CT molecular complexity index is 990. The Balaban J connectivity index is 1.61. The molecule has 2 fully saturated rings. The molecule has 0 unspecified atom stereocenters. The van der Waals surface area contributed by atoms with Crippen molar-refractivity contribution in [2.45, 2.75) is 50.3 Å². The highest BCUT2D eigenvalue weighted by atomic mass is 32.2. The smallest absolute Gasteiger partial charge is 0.316 e. The second kappa shape index (κ2) is 8.23. The molecule has 0 saturated carbocycles. The summed E-state index contributed by atoms with van der Waals surface area (Å²) >= 11 is 0. The molecule has 9 heteroatoms. The number of hydrogen-bond donors (Lipinski definition) is 0. The molecule has 1 aromatic carbocycles. The predicted molar refractivity (Wildman–Crippen MR) is 107 cm³/mol. The Morgan fingerprint density at radius 1 is 1.00 bits per heavy atom. The van der Waals surface area contributed by atoms with Gasteiger partial charge < -0.3 is 9.42 Å². The number of rotatable bonds is 4. The second-order valence-corrected chi connectivity index (χ2v) is 9.63. The van der Waals surface area contributed by atoms with Crippen LogP contribution in [-0.2, 0) is 10.0 Å². The van der Waals surface area contributed by atoms with Gasteiger partial charge in [-0.25, -0.2) is 8.42 Å². The van der Waals surface area contributed by atoms with Gasteiger partial charge in [0.1, 0.15) is 0 Å². The Morgan fingerprint density at radius 3 is 2.34 bits per heavy atom. The summed E-state index contributed by atoms with van der Waals surface area (Å²) in [4.78, 5) is 18.8. The van der Waals surface area contributed by atoms with Crippen LogP contribution in [0.15, 0.2) is 27.6 Å². The number of piperidine rings is 2. The number of sulfonamides is 1. The number of amides is 1. The topological polar surface area (TPSA) is 96.6 Å². The van der Waals surface area contributed by atoms with Crippen LogP contribution in [0.25, 0.3) is 11.4 Å². The van der Waals surface area contributed by atoms with Gasteiger partial charge in [0, 0.05) is 31.7 Å². The highest BCUT2D eigenvalue weighted by Crippen LogP contribution is 2.27. The first kappa shape index (κ1) is 20.0. The quantitative estimate of drug-likeness (QED) is 0.757. The average Bonchev–Trinajstić information content (AvgIpc) is 3.25. The van der Waals surface area contributed by atoms with E-state index in [9.17, 15) is 13.2 Å². The van der Waals surface area contributed by atoms with Crippen molar-refractivity contribution < 1.29 is 17.7 Å². The summed E-state index contributed by atoms with van der Waals surface area (Å²) in [6, 6.07) is 5.08. The Morgan fingerprint density at radius 2 is 1.66 bits per heavy atom. The van der Waals surface area contributed by atoms with Crippen LogP contribution in [0.1, 0.15) is 54.8 Å². The van der Waals surface area contributed by atoms with E-state index in [1.54, 1.807) is 34.3 Å². The molecule has 1 aromatic heterocycles. The zero-order valence-corrected chi connectivity index (χ0v) is 17.4. The van der Waals surface area contributed by atoms with Gasteiger partial charge in [0.05, 0.1) is 4.90 Å². The summed E-state index contributed by atoms with van der Waals surface area (Å²) in [7, 11) is -3.58. The van der Waals surface area contributed by atoms with Gasteiger partial charge in [-0.2, -0.15) is 9.29 Å². The van der Waals surface area contributed by atoms with Gasteiger partial charge in [-0.15, -0.1) is 0 Å². The maximum absolute atomic E-state index is 13.1. The molecular formula is C20H26N4O4S. The molecule has 3 heterocycles. The van der Waals surface area contributed by atoms with Crippen LogP contribution in [0.4, 0.5) is 0 Å². The Labute approximate surface area is 170 Å². The molecule has 0 radical (unpaired) electrons. The first-order valence-corrected chi connectivity index (χ1v) is 11.6. The Hall–Kier alpha value is -2.26. The van der Waals surface area contributed by atoms with Crippen LogP contribution in [0.2, 0.25) is 0 Å². The maximum Gasteiger partial charge on any atom is 0.316 e. The van der Waals surface area contributed by atoms with E-state index in [0.717, 1.165) is 38.5 Å². The number of aryl methyl sites for hydroxylation is 1. The molecule has 1 amide bonds. The lowest BCUT2D eigenvalue weighted by molar-refractivity contribution is 0.0674. The van der Waals surface area contributed by atoms with Crippen LogP contribution in [-0.4, -0.2) is 59.8 Å². The molecule has 29 heavy (non-hydrogen) atoms. The van der Waals surface area contributed by atoms with E-state index in [0.29, 0.717) is 37.3 Å². The van der Waals surface area contributed by atoms with Crippen molar-refractivity contribution >= 4 is 15.9 Å². The average molecular weight is 419 g/mol. The molecule has 0 spiro atoms. The van der Waals surface area contributed by atoms with Gasteiger partial charge in [0.15, 0.2) is 0 Å². The highest BCUT2D eigenvalue weighted by Gasteiger charge is 2.29. The lowest BCUT2D eigenvalue weighted by Crippen LogP contribution is -2.36. The SMILES string of the molecule is Cc1ccc(-c2noc(C(=O)N3CCCCC3)n2)cc1S(=O)(=O)N1CCCCC1. The van der Waals surface area contributed by atoms with E-state index < -0.39 is 10.0 Å². The summed E-state index contributed by atoms with van der Waals surface area (Å²) < 4.78 is 33.0. The summed E-state index contributed by atoms with van der Waals surface area (Å²) in [5.41, 5.74) is 1.19. The minimum absolute atomic E-state index is 0.0529. The summed E-state index contributed by atoms with van der Waals surface area (Å²) in [5, 5.41) is 3.93. The van der Waals surface area contributed by atoms with Crippen LogP contribution >= 0.6 is 0 Å². The van der Waals surface area contributed by atoms with Gasteiger partial charge in [0.2, 0.25) is 15.8 Å². The molecule has 2 saturated heterocycles. The van der Waals surface area contributed by atoms with Crippen molar-refractivity contribution in [3.05, 3.63) is 29.7 Å². The normalized spacial score (nSPS) is 18.7. The van der Waals surface area contributed by atoms with Crippen molar-refractivity contribution in [1.82, 2.24) is 19.3 Å². The lowest BCUT2D eigenvalue weighted by Gasteiger charge is -2.26. The number of aromatic nitrogens is 2. The molecule has 4 rings (SSSR count). The zero-order chi connectivity index (χ0) is 20.4. The predicted octanol–water partition coefficient (Wildman–Crippen LogP) is 2.85. The van der Waals surface area contributed by atoms with Crippen molar-refractivity contribution in [2.75, 3.05) is 26.2 Å². The zero-order valence-electron chi connectivity index (χ0n) is 16.6. The van der Waals surface area contributed by atoms with E-state index >= 15 is 0 Å². The highest BCUT2D eigenvalue weighted by molar-refractivity contribution is 7.89. The van der Waals surface area contributed by atoms with Gasteiger partial charge in [-0.3, -0.25) is 4.79 Å². The first-order chi connectivity index (χ1) is 14.0. The third kappa shape index (κ3) is 4.06. The molecule has 0 bridgehead atoms. The fraction of sp³-hybridized carbons (Fsp3) is 0.550. The second-order valence-electron chi connectivity index (χ2n) is 7.72. The lowest BCUT2D eigenvalue weighted by atomic mass is 10.1. The number of carbonyl (C=O) groups is 1. The molecule has 0 N–H and O–H groups in total.